The molecule has 0 fully saturated rings. The fourth-order valence-electron chi connectivity index (χ4n) is 4.18. The van der Waals surface area contributed by atoms with E-state index < -0.39 is 17.8 Å². The van der Waals surface area contributed by atoms with Crippen LogP contribution in [0.5, 0.6) is 5.75 Å². The van der Waals surface area contributed by atoms with Crippen molar-refractivity contribution in [3.05, 3.63) is 83.3 Å². The van der Waals surface area contributed by atoms with Gasteiger partial charge in [0.25, 0.3) is 0 Å². The summed E-state index contributed by atoms with van der Waals surface area (Å²) in [6, 6.07) is 10.3. The number of fused-ring (bicyclic) bond motifs is 1. The summed E-state index contributed by atoms with van der Waals surface area (Å²) in [4.78, 5) is 14.2. The van der Waals surface area contributed by atoms with Gasteiger partial charge in [-0.15, -0.1) is 0 Å². The van der Waals surface area contributed by atoms with Crippen molar-refractivity contribution in [2.75, 3.05) is 31.6 Å². The number of nitrogens with one attached hydrogen (secondary N) is 2. The molecule has 1 aromatic carbocycles. The maximum absolute atomic E-state index is 12.7. The fourth-order valence-corrected chi connectivity index (χ4v) is 4.18. The lowest BCUT2D eigenvalue weighted by atomic mass is 10.0. The van der Waals surface area contributed by atoms with Crippen molar-refractivity contribution in [1.29, 1.82) is 0 Å². The number of anilines is 1. The van der Waals surface area contributed by atoms with Crippen molar-refractivity contribution in [2.24, 2.45) is 0 Å². The highest BCUT2D eigenvalue weighted by Gasteiger charge is 2.29. The second kappa shape index (κ2) is 12.3. The van der Waals surface area contributed by atoms with Crippen molar-refractivity contribution in [3.63, 3.8) is 0 Å². The number of aromatic amines is 1. The van der Waals surface area contributed by atoms with Crippen LogP contribution in [0.15, 0.2) is 61.1 Å². The third-order valence-electron chi connectivity index (χ3n) is 6.47. The van der Waals surface area contributed by atoms with Crippen molar-refractivity contribution >= 4 is 16.9 Å². The molecule has 202 valence electrons. The van der Waals surface area contributed by atoms with E-state index in [0.29, 0.717) is 47.1 Å². The SMILES string of the molecule is CCN(CC)CCCOc1cnc2[nH]cc(C(O)c3ccc(NCc4ccc(C(F)(F)F)cc4)nc3)c2c1. The molecule has 0 saturated carbocycles. The van der Waals surface area contributed by atoms with Gasteiger partial charge in [0.2, 0.25) is 0 Å². The summed E-state index contributed by atoms with van der Waals surface area (Å²) in [6.07, 6.45) is 0.589. The zero-order valence-electron chi connectivity index (χ0n) is 21.4. The molecule has 0 aliphatic rings. The first-order valence-corrected chi connectivity index (χ1v) is 12.6. The van der Waals surface area contributed by atoms with Crippen LogP contribution in [-0.2, 0) is 12.7 Å². The highest BCUT2D eigenvalue weighted by Crippen LogP contribution is 2.31. The molecular formula is C28H32F3N5O2. The van der Waals surface area contributed by atoms with E-state index in [-0.39, 0.29) is 0 Å². The van der Waals surface area contributed by atoms with E-state index in [1.807, 2.05) is 6.07 Å². The van der Waals surface area contributed by atoms with Gasteiger partial charge in [-0.3, -0.25) is 0 Å². The van der Waals surface area contributed by atoms with E-state index >= 15 is 0 Å². The second-order valence-corrected chi connectivity index (χ2v) is 8.97. The van der Waals surface area contributed by atoms with Crippen LogP contribution in [0.3, 0.4) is 0 Å². The van der Waals surface area contributed by atoms with Crippen LogP contribution in [0.4, 0.5) is 19.0 Å². The van der Waals surface area contributed by atoms with Gasteiger partial charge in [-0.2, -0.15) is 13.2 Å². The lowest BCUT2D eigenvalue weighted by Gasteiger charge is -2.17. The molecule has 3 heterocycles. The Balaban J connectivity index is 1.37. The van der Waals surface area contributed by atoms with E-state index in [0.717, 1.165) is 43.6 Å². The Bertz CT molecular complexity index is 1300. The van der Waals surface area contributed by atoms with Crippen LogP contribution in [0.1, 0.15) is 48.6 Å². The molecule has 4 aromatic rings. The van der Waals surface area contributed by atoms with Crippen molar-refractivity contribution in [2.45, 2.75) is 39.1 Å². The maximum atomic E-state index is 12.7. The number of H-pyrrole nitrogens is 1. The Kier molecular flexibility index (Phi) is 8.85. The zero-order chi connectivity index (χ0) is 27.1. The number of hydrogen-bond donors (Lipinski definition) is 3. The average Bonchev–Trinajstić information content (AvgIpc) is 3.35. The molecule has 0 aliphatic carbocycles. The van der Waals surface area contributed by atoms with Gasteiger partial charge in [-0.25, -0.2) is 9.97 Å². The Hall–Kier alpha value is -3.63. The van der Waals surface area contributed by atoms with Crippen molar-refractivity contribution in [3.8, 4) is 5.75 Å². The van der Waals surface area contributed by atoms with E-state index in [9.17, 15) is 18.3 Å². The minimum absolute atomic E-state index is 0.318. The number of hydrogen-bond acceptors (Lipinski definition) is 6. The number of aromatic nitrogens is 3. The molecule has 3 N–H and O–H groups in total. The fraction of sp³-hybridized carbons (Fsp3) is 0.357. The highest BCUT2D eigenvalue weighted by atomic mass is 19.4. The number of pyridine rings is 2. The van der Waals surface area contributed by atoms with Gasteiger partial charge >= 0.3 is 6.18 Å². The number of nitrogens with zero attached hydrogens (tertiary/aromatic N) is 3. The molecule has 0 aliphatic heterocycles. The molecule has 3 aromatic heterocycles. The quantitative estimate of drug-likeness (QED) is 0.203. The first kappa shape index (κ1) is 27.4. The van der Waals surface area contributed by atoms with E-state index in [1.165, 1.54) is 12.1 Å². The van der Waals surface area contributed by atoms with E-state index in [2.05, 4.69) is 39.0 Å². The Morgan fingerprint density at radius 2 is 1.82 bits per heavy atom. The topological polar surface area (TPSA) is 86.3 Å². The summed E-state index contributed by atoms with van der Waals surface area (Å²) < 4.78 is 44.1. The third-order valence-corrected chi connectivity index (χ3v) is 6.47. The normalized spacial score (nSPS) is 12.7. The number of aliphatic hydroxyl groups is 1. The van der Waals surface area contributed by atoms with E-state index in [1.54, 1.807) is 30.7 Å². The van der Waals surface area contributed by atoms with E-state index in [4.69, 9.17) is 4.74 Å². The monoisotopic (exact) mass is 527 g/mol. The Labute approximate surface area is 219 Å². The molecular weight excluding hydrogens is 495 g/mol. The molecule has 4 rings (SSSR count). The van der Waals surface area contributed by atoms with Crippen LogP contribution in [0.25, 0.3) is 11.0 Å². The summed E-state index contributed by atoms with van der Waals surface area (Å²) >= 11 is 0. The van der Waals surface area contributed by atoms with Crippen LogP contribution >= 0.6 is 0 Å². The van der Waals surface area contributed by atoms with Gasteiger partial charge < -0.3 is 25.0 Å². The predicted molar refractivity (Wildman–Crippen MR) is 141 cm³/mol. The number of halogens is 3. The summed E-state index contributed by atoms with van der Waals surface area (Å²) in [7, 11) is 0. The van der Waals surface area contributed by atoms with Crippen molar-refractivity contribution < 1.29 is 23.0 Å². The van der Waals surface area contributed by atoms with Gasteiger partial charge in [-0.05, 0) is 49.3 Å². The number of benzene rings is 1. The predicted octanol–water partition coefficient (Wildman–Crippen LogP) is 5.78. The Morgan fingerprint density at radius 1 is 1.05 bits per heavy atom. The lowest BCUT2D eigenvalue weighted by Crippen LogP contribution is -2.25. The lowest BCUT2D eigenvalue weighted by molar-refractivity contribution is -0.137. The molecule has 1 atom stereocenters. The summed E-state index contributed by atoms with van der Waals surface area (Å²) in [6.45, 7) is 8.18. The highest BCUT2D eigenvalue weighted by molar-refractivity contribution is 5.81. The molecule has 0 spiro atoms. The molecule has 0 radical (unpaired) electrons. The summed E-state index contributed by atoms with van der Waals surface area (Å²) in [5.41, 5.74) is 1.92. The molecule has 0 amide bonds. The van der Waals surface area contributed by atoms with Gasteiger partial charge in [0.15, 0.2) is 0 Å². The molecule has 1 unspecified atom stereocenters. The molecule has 10 heteroatoms. The second-order valence-electron chi connectivity index (χ2n) is 8.97. The van der Waals surface area contributed by atoms with Gasteiger partial charge in [0.1, 0.15) is 23.3 Å². The minimum Gasteiger partial charge on any atom is -0.492 e. The van der Waals surface area contributed by atoms with Crippen LogP contribution in [0.2, 0.25) is 0 Å². The first-order valence-electron chi connectivity index (χ1n) is 12.6. The van der Waals surface area contributed by atoms with Crippen LogP contribution in [0, 0.1) is 0 Å². The number of rotatable bonds is 12. The first-order chi connectivity index (χ1) is 18.3. The largest absolute Gasteiger partial charge is 0.492 e. The number of ether oxygens (including phenoxy) is 1. The number of alkyl halides is 3. The van der Waals surface area contributed by atoms with Gasteiger partial charge in [0.05, 0.1) is 18.4 Å². The molecule has 0 saturated heterocycles. The maximum Gasteiger partial charge on any atom is 0.416 e. The van der Waals surface area contributed by atoms with Crippen molar-refractivity contribution in [1.82, 2.24) is 19.9 Å². The molecule has 38 heavy (non-hydrogen) atoms. The van der Waals surface area contributed by atoms with Gasteiger partial charge in [-0.1, -0.05) is 32.0 Å². The minimum atomic E-state index is -4.36. The Morgan fingerprint density at radius 3 is 2.47 bits per heavy atom. The standard InChI is InChI=1S/C28H32F3N5O2/c1-3-36(4-2)12-5-13-38-22-14-23-24(18-35-27(23)34-17-22)26(37)20-8-11-25(33-16-20)32-15-19-6-9-21(10-7-19)28(29,30)31/h6-11,14,16-18,26,37H,3-5,12-13,15H2,1-2H3,(H,32,33)(H,34,35). The zero-order valence-corrected chi connectivity index (χ0v) is 21.4. The number of aliphatic hydroxyl groups excluding tert-OH is 1. The summed E-state index contributed by atoms with van der Waals surface area (Å²) in [5.74, 6) is 1.19. The third kappa shape index (κ3) is 6.81. The molecule has 0 bridgehead atoms. The van der Waals surface area contributed by atoms with Crippen LogP contribution in [-0.4, -0.2) is 51.2 Å². The average molecular weight is 528 g/mol. The van der Waals surface area contributed by atoms with Crippen LogP contribution < -0.4 is 10.1 Å². The van der Waals surface area contributed by atoms with Gasteiger partial charge in [0, 0.05) is 42.0 Å². The molecule has 7 nitrogen and oxygen atoms in total. The summed E-state index contributed by atoms with van der Waals surface area (Å²) in [5, 5.41) is 14.9. The smallest absolute Gasteiger partial charge is 0.416 e.